The zero-order chi connectivity index (χ0) is 13.8. The lowest BCUT2D eigenvalue weighted by atomic mass is 10.2. The van der Waals surface area contributed by atoms with Crippen LogP contribution < -0.4 is 5.32 Å². The number of piperazine rings is 1. The van der Waals surface area contributed by atoms with Crippen molar-refractivity contribution < 1.29 is 18.0 Å². The van der Waals surface area contributed by atoms with Gasteiger partial charge in [-0.1, -0.05) is 6.92 Å². The summed E-state index contributed by atoms with van der Waals surface area (Å²) in [5.41, 5.74) is 0. The fourth-order valence-electron chi connectivity index (χ4n) is 1.91. The van der Waals surface area contributed by atoms with Crippen molar-refractivity contribution in [2.24, 2.45) is 0 Å². The Morgan fingerprint density at radius 3 is 2.28 bits per heavy atom. The summed E-state index contributed by atoms with van der Waals surface area (Å²) in [6.45, 7) is 5.33. The highest BCUT2D eigenvalue weighted by Gasteiger charge is 2.30. The van der Waals surface area contributed by atoms with Crippen LogP contribution >= 0.6 is 0 Å². The zero-order valence-electron chi connectivity index (χ0n) is 10.8. The largest absolute Gasteiger partial charge is 0.405 e. The molecule has 1 aliphatic heterocycles. The van der Waals surface area contributed by atoms with Crippen molar-refractivity contribution in [3.05, 3.63) is 0 Å². The molecule has 1 aliphatic rings. The van der Waals surface area contributed by atoms with E-state index >= 15 is 0 Å². The summed E-state index contributed by atoms with van der Waals surface area (Å²) in [5, 5.41) is 1.89. The van der Waals surface area contributed by atoms with Crippen LogP contribution in [-0.4, -0.2) is 60.8 Å². The molecule has 2 amide bonds. The third kappa shape index (κ3) is 4.72. The fourth-order valence-corrected chi connectivity index (χ4v) is 1.91. The Bertz CT molecular complexity index is 275. The quantitative estimate of drug-likeness (QED) is 0.844. The van der Waals surface area contributed by atoms with Crippen LogP contribution in [0.4, 0.5) is 18.0 Å². The van der Waals surface area contributed by atoms with E-state index in [0.717, 1.165) is 6.42 Å². The number of carbonyl (C=O) groups excluding carboxylic acids is 1. The average Bonchev–Trinajstić information content (AvgIpc) is 2.34. The molecule has 0 bridgehead atoms. The first-order chi connectivity index (χ1) is 8.33. The summed E-state index contributed by atoms with van der Waals surface area (Å²) in [4.78, 5) is 15.2. The maximum Gasteiger partial charge on any atom is 0.405 e. The molecule has 0 aromatic heterocycles. The number of carbonyl (C=O) groups is 1. The highest BCUT2D eigenvalue weighted by molar-refractivity contribution is 5.74. The molecule has 0 aromatic rings. The highest BCUT2D eigenvalue weighted by Crippen LogP contribution is 2.13. The molecule has 1 atom stereocenters. The van der Waals surface area contributed by atoms with E-state index in [9.17, 15) is 18.0 Å². The molecule has 0 spiro atoms. The Kier molecular flexibility index (Phi) is 5.25. The van der Waals surface area contributed by atoms with Crippen molar-refractivity contribution in [1.29, 1.82) is 0 Å². The normalized spacial score (nSPS) is 19.7. The first kappa shape index (κ1) is 15.1. The lowest BCUT2D eigenvalue weighted by Crippen LogP contribution is -2.54. The lowest BCUT2D eigenvalue weighted by Gasteiger charge is -2.37. The molecule has 7 heteroatoms. The number of hydrogen-bond acceptors (Lipinski definition) is 2. The van der Waals surface area contributed by atoms with Crippen LogP contribution in [0.5, 0.6) is 0 Å². The van der Waals surface area contributed by atoms with Crippen molar-refractivity contribution in [2.45, 2.75) is 32.5 Å². The van der Waals surface area contributed by atoms with Crippen molar-refractivity contribution in [2.75, 3.05) is 32.7 Å². The Morgan fingerprint density at radius 2 is 1.83 bits per heavy atom. The number of amides is 2. The fraction of sp³-hybridized carbons (Fsp3) is 0.909. The Hall–Kier alpha value is -0.980. The van der Waals surface area contributed by atoms with E-state index in [4.69, 9.17) is 0 Å². The molecule has 0 radical (unpaired) electrons. The van der Waals surface area contributed by atoms with Gasteiger partial charge in [0.05, 0.1) is 0 Å². The van der Waals surface area contributed by atoms with Crippen LogP contribution in [0.1, 0.15) is 20.3 Å². The maximum atomic E-state index is 12.0. The van der Waals surface area contributed by atoms with Gasteiger partial charge in [0.1, 0.15) is 6.54 Å². The van der Waals surface area contributed by atoms with Gasteiger partial charge in [-0.3, -0.25) is 4.90 Å². The first-order valence-corrected chi connectivity index (χ1v) is 6.17. The van der Waals surface area contributed by atoms with E-state index in [2.05, 4.69) is 18.7 Å². The van der Waals surface area contributed by atoms with Crippen molar-refractivity contribution in [3.8, 4) is 0 Å². The van der Waals surface area contributed by atoms with E-state index in [1.807, 2.05) is 5.32 Å². The van der Waals surface area contributed by atoms with Gasteiger partial charge in [0, 0.05) is 32.2 Å². The maximum absolute atomic E-state index is 12.0. The predicted octanol–water partition coefficient (Wildman–Crippen LogP) is 1.67. The van der Waals surface area contributed by atoms with Gasteiger partial charge < -0.3 is 10.2 Å². The van der Waals surface area contributed by atoms with Crippen molar-refractivity contribution in [1.82, 2.24) is 15.1 Å². The number of rotatable bonds is 3. The SMILES string of the molecule is CCC(C)N1CCN(C(=O)NCC(F)(F)F)CC1. The molecule has 4 nitrogen and oxygen atoms in total. The lowest BCUT2D eigenvalue weighted by molar-refractivity contribution is -0.123. The van der Waals surface area contributed by atoms with Crippen molar-refractivity contribution in [3.63, 3.8) is 0 Å². The van der Waals surface area contributed by atoms with Crippen LogP contribution in [-0.2, 0) is 0 Å². The smallest absolute Gasteiger partial charge is 0.329 e. The molecule has 1 rings (SSSR count). The Balaban J connectivity index is 2.32. The topological polar surface area (TPSA) is 35.6 Å². The van der Waals surface area contributed by atoms with Gasteiger partial charge in [0.15, 0.2) is 0 Å². The molecule has 106 valence electrons. The van der Waals surface area contributed by atoms with Crippen LogP contribution in [0.3, 0.4) is 0 Å². The molecular formula is C11H20F3N3O. The number of urea groups is 1. The second-order valence-corrected chi connectivity index (χ2v) is 4.55. The van der Waals surface area contributed by atoms with Gasteiger partial charge in [-0.25, -0.2) is 4.79 Å². The minimum Gasteiger partial charge on any atom is -0.329 e. The summed E-state index contributed by atoms with van der Waals surface area (Å²) in [6.07, 6.45) is -3.32. The molecule has 1 heterocycles. The van der Waals surface area contributed by atoms with Gasteiger partial charge in [0.2, 0.25) is 0 Å². The van der Waals surface area contributed by atoms with Crippen LogP contribution in [0.25, 0.3) is 0 Å². The molecule has 0 saturated carbocycles. The molecule has 18 heavy (non-hydrogen) atoms. The third-order valence-electron chi connectivity index (χ3n) is 3.26. The molecule has 0 aliphatic carbocycles. The standard InChI is InChI=1S/C11H20F3N3O/c1-3-9(2)16-4-6-17(7-5-16)10(18)15-8-11(12,13)14/h9H,3-8H2,1-2H3,(H,15,18). The van der Waals surface area contributed by atoms with Crippen LogP contribution in [0.15, 0.2) is 0 Å². The molecule has 1 saturated heterocycles. The number of nitrogens with one attached hydrogen (secondary N) is 1. The molecule has 0 aromatic carbocycles. The van der Waals surface area contributed by atoms with Gasteiger partial charge in [-0.15, -0.1) is 0 Å². The first-order valence-electron chi connectivity index (χ1n) is 6.17. The van der Waals surface area contributed by atoms with Gasteiger partial charge in [-0.05, 0) is 13.3 Å². The summed E-state index contributed by atoms with van der Waals surface area (Å²) in [6, 6.07) is -0.179. The van der Waals surface area contributed by atoms with Crippen LogP contribution in [0, 0.1) is 0 Å². The summed E-state index contributed by atoms with van der Waals surface area (Å²) in [5.74, 6) is 0. The van der Waals surface area contributed by atoms with Gasteiger partial charge in [0.25, 0.3) is 0 Å². The number of nitrogens with zero attached hydrogens (tertiary/aromatic N) is 2. The van der Waals surface area contributed by atoms with Crippen LogP contribution in [0.2, 0.25) is 0 Å². The monoisotopic (exact) mass is 267 g/mol. The minimum atomic E-state index is -4.35. The van der Waals surface area contributed by atoms with Crippen molar-refractivity contribution >= 4 is 6.03 Å². The Morgan fingerprint density at radius 1 is 1.28 bits per heavy atom. The summed E-state index contributed by atoms with van der Waals surface area (Å²) in [7, 11) is 0. The van der Waals surface area contributed by atoms with E-state index in [1.165, 1.54) is 4.90 Å². The zero-order valence-corrected chi connectivity index (χ0v) is 10.8. The number of hydrogen-bond donors (Lipinski definition) is 1. The number of alkyl halides is 3. The number of halogens is 3. The highest BCUT2D eigenvalue weighted by atomic mass is 19.4. The summed E-state index contributed by atoms with van der Waals surface area (Å²) < 4.78 is 35.9. The predicted molar refractivity (Wildman–Crippen MR) is 62.4 cm³/mol. The van der Waals surface area contributed by atoms with E-state index in [-0.39, 0.29) is 0 Å². The second-order valence-electron chi connectivity index (χ2n) is 4.55. The molecule has 1 N–H and O–H groups in total. The van der Waals surface area contributed by atoms with E-state index in [0.29, 0.717) is 32.2 Å². The van der Waals surface area contributed by atoms with E-state index in [1.54, 1.807) is 0 Å². The summed E-state index contributed by atoms with van der Waals surface area (Å²) >= 11 is 0. The Labute approximate surface area is 105 Å². The molecule has 1 fully saturated rings. The van der Waals surface area contributed by atoms with E-state index < -0.39 is 18.8 Å². The average molecular weight is 267 g/mol. The second kappa shape index (κ2) is 6.26. The van der Waals surface area contributed by atoms with Gasteiger partial charge in [-0.2, -0.15) is 13.2 Å². The minimum absolute atomic E-state index is 0.449. The molecular weight excluding hydrogens is 247 g/mol. The third-order valence-corrected chi connectivity index (χ3v) is 3.26. The van der Waals surface area contributed by atoms with Gasteiger partial charge >= 0.3 is 12.2 Å². The molecule has 1 unspecified atom stereocenters.